The molecule has 0 radical (unpaired) electrons. The molecule has 0 amide bonds. The number of halogens is 2. The third kappa shape index (κ3) is 2.31. The van der Waals surface area contributed by atoms with E-state index in [0.717, 1.165) is 0 Å². The zero-order chi connectivity index (χ0) is 12.4. The first-order chi connectivity index (χ1) is 8.09. The van der Waals surface area contributed by atoms with Gasteiger partial charge in [0.15, 0.2) is 0 Å². The molecule has 0 bridgehead atoms. The number of rotatable bonds is 2. The maximum atomic E-state index is 13.6. The van der Waals surface area contributed by atoms with E-state index < -0.39 is 10.7 Å². The van der Waals surface area contributed by atoms with Crippen LogP contribution in [0.4, 0.5) is 10.2 Å². The molecule has 4 nitrogen and oxygen atoms in total. The minimum atomic E-state index is -0.597. The SMILES string of the molecule is O=[N+]([O-])c1ccc(-c2c(F)cccc2Br)cn1. The number of nitrogens with zero attached hydrogens (tertiary/aromatic N) is 2. The highest BCUT2D eigenvalue weighted by atomic mass is 79.9. The fraction of sp³-hybridized carbons (Fsp3) is 0. The zero-order valence-electron chi connectivity index (χ0n) is 8.43. The van der Waals surface area contributed by atoms with Gasteiger partial charge in [0.2, 0.25) is 0 Å². The van der Waals surface area contributed by atoms with Gasteiger partial charge in [-0.05, 0) is 28.1 Å². The van der Waals surface area contributed by atoms with Gasteiger partial charge < -0.3 is 10.1 Å². The molecule has 2 rings (SSSR count). The van der Waals surface area contributed by atoms with Crippen molar-refractivity contribution in [2.45, 2.75) is 0 Å². The van der Waals surface area contributed by atoms with Gasteiger partial charge in [-0.25, -0.2) is 4.39 Å². The molecule has 1 aromatic heterocycles. The van der Waals surface area contributed by atoms with Crippen LogP contribution in [0.15, 0.2) is 41.0 Å². The molecule has 17 heavy (non-hydrogen) atoms. The van der Waals surface area contributed by atoms with Crippen molar-refractivity contribution < 1.29 is 9.31 Å². The van der Waals surface area contributed by atoms with E-state index in [4.69, 9.17) is 0 Å². The Morgan fingerprint density at radius 2 is 2.06 bits per heavy atom. The van der Waals surface area contributed by atoms with Gasteiger partial charge in [-0.2, -0.15) is 0 Å². The Labute approximate surface area is 104 Å². The molecule has 0 spiro atoms. The Morgan fingerprint density at radius 3 is 2.59 bits per heavy atom. The molecular weight excluding hydrogens is 291 g/mol. The van der Waals surface area contributed by atoms with E-state index in [0.29, 0.717) is 15.6 Å². The van der Waals surface area contributed by atoms with Crippen molar-refractivity contribution in [2.75, 3.05) is 0 Å². The molecule has 0 atom stereocenters. The Kier molecular flexibility index (Phi) is 3.14. The molecule has 1 aromatic carbocycles. The first-order valence-corrected chi connectivity index (χ1v) is 5.43. The molecule has 0 fully saturated rings. The topological polar surface area (TPSA) is 56.0 Å². The lowest BCUT2D eigenvalue weighted by Crippen LogP contribution is -1.92. The van der Waals surface area contributed by atoms with E-state index in [9.17, 15) is 14.5 Å². The predicted octanol–water partition coefficient (Wildman–Crippen LogP) is 3.56. The van der Waals surface area contributed by atoms with Gasteiger partial charge in [-0.3, -0.25) is 0 Å². The normalized spacial score (nSPS) is 10.2. The van der Waals surface area contributed by atoms with Gasteiger partial charge in [-0.1, -0.05) is 22.0 Å². The summed E-state index contributed by atoms with van der Waals surface area (Å²) in [6, 6.07) is 7.30. The summed E-state index contributed by atoms with van der Waals surface area (Å²) in [5.74, 6) is -0.670. The van der Waals surface area contributed by atoms with Crippen molar-refractivity contribution in [3.05, 3.63) is 56.9 Å². The Balaban J connectivity index is 2.50. The van der Waals surface area contributed by atoms with Crippen LogP contribution in [-0.2, 0) is 0 Å². The van der Waals surface area contributed by atoms with Gasteiger partial charge in [0.1, 0.15) is 12.0 Å². The Bertz CT molecular complexity index is 552. The van der Waals surface area contributed by atoms with Crippen molar-refractivity contribution in [1.82, 2.24) is 4.98 Å². The summed E-state index contributed by atoms with van der Waals surface area (Å²) in [4.78, 5) is 13.5. The van der Waals surface area contributed by atoms with Crippen LogP contribution in [0.3, 0.4) is 0 Å². The fourth-order valence-electron chi connectivity index (χ4n) is 1.42. The van der Waals surface area contributed by atoms with Crippen LogP contribution in [0.5, 0.6) is 0 Å². The number of pyridine rings is 1. The quantitative estimate of drug-likeness (QED) is 0.629. The minimum Gasteiger partial charge on any atom is -0.358 e. The van der Waals surface area contributed by atoms with Crippen molar-refractivity contribution in [3.8, 4) is 11.1 Å². The number of aromatic nitrogens is 1. The maximum absolute atomic E-state index is 13.6. The van der Waals surface area contributed by atoms with E-state index in [1.807, 2.05) is 0 Å². The molecule has 0 saturated heterocycles. The van der Waals surface area contributed by atoms with Crippen molar-refractivity contribution in [3.63, 3.8) is 0 Å². The van der Waals surface area contributed by atoms with Crippen LogP contribution < -0.4 is 0 Å². The third-order valence-corrected chi connectivity index (χ3v) is 2.85. The lowest BCUT2D eigenvalue weighted by Gasteiger charge is -2.04. The number of hydrogen-bond acceptors (Lipinski definition) is 3. The van der Waals surface area contributed by atoms with Crippen LogP contribution >= 0.6 is 15.9 Å². The highest BCUT2D eigenvalue weighted by Crippen LogP contribution is 2.30. The zero-order valence-corrected chi connectivity index (χ0v) is 10.0. The van der Waals surface area contributed by atoms with Gasteiger partial charge in [0, 0.05) is 21.7 Å². The molecule has 0 unspecified atom stereocenters. The molecule has 0 saturated carbocycles. The highest BCUT2D eigenvalue weighted by molar-refractivity contribution is 9.10. The van der Waals surface area contributed by atoms with E-state index in [-0.39, 0.29) is 5.82 Å². The summed E-state index contributed by atoms with van der Waals surface area (Å²) >= 11 is 3.23. The van der Waals surface area contributed by atoms with Crippen molar-refractivity contribution in [1.29, 1.82) is 0 Å². The largest absolute Gasteiger partial charge is 0.363 e. The lowest BCUT2D eigenvalue weighted by atomic mass is 10.1. The summed E-state index contributed by atoms with van der Waals surface area (Å²) in [6.45, 7) is 0. The summed E-state index contributed by atoms with van der Waals surface area (Å²) < 4.78 is 14.2. The van der Waals surface area contributed by atoms with E-state index in [2.05, 4.69) is 20.9 Å². The number of benzene rings is 1. The summed E-state index contributed by atoms with van der Waals surface area (Å²) in [6.07, 6.45) is 1.28. The van der Waals surface area contributed by atoms with E-state index >= 15 is 0 Å². The Morgan fingerprint density at radius 1 is 1.29 bits per heavy atom. The molecule has 0 aliphatic heterocycles. The highest BCUT2D eigenvalue weighted by Gasteiger charge is 2.13. The average Bonchev–Trinajstić information content (AvgIpc) is 2.29. The standard InChI is InChI=1S/C11H6BrFN2O2/c12-8-2-1-3-9(13)11(8)7-4-5-10(14-6-7)15(16)17/h1-6H. The monoisotopic (exact) mass is 296 g/mol. The molecular formula is C11H6BrFN2O2. The van der Waals surface area contributed by atoms with Gasteiger partial charge >= 0.3 is 5.82 Å². The summed E-state index contributed by atoms with van der Waals surface area (Å²) in [5.41, 5.74) is 0.829. The third-order valence-electron chi connectivity index (χ3n) is 2.19. The Hall–Kier alpha value is -1.82. The molecule has 1 heterocycles. The molecule has 86 valence electrons. The van der Waals surface area contributed by atoms with Crippen molar-refractivity contribution in [2.24, 2.45) is 0 Å². The van der Waals surface area contributed by atoms with Crippen LogP contribution in [0, 0.1) is 15.9 Å². The number of hydrogen-bond donors (Lipinski definition) is 0. The maximum Gasteiger partial charge on any atom is 0.363 e. The molecule has 0 aliphatic rings. The summed E-state index contributed by atoms with van der Waals surface area (Å²) in [5, 5.41) is 10.4. The van der Waals surface area contributed by atoms with Crippen LogP contribution in [0.2, 0.25) is 0 Å². The van der Waals surface area contributed by atoms with Crippen LogP contribution in [0.1, 0.15) is 0 Å². The van der Waals surface area contributed by atoms with Gasteiger partial charge in [0.25, 0.3) is 0 Å². The molecule has 0 N–H and O–H groups in total. The number of nitro groups is 1. The molecule has 2 aromatic rings. The second-order valence-electron chi connectivity index (χ2n) is 3.26. The van der Waals surface area contributed by atoms with Crippen LogP contribution in [0.25, 0.3) is 11.1 Å². The summed E-state index contributed by atoms with van der Waals surface area (Å²) in [7, 11) is 0. The second-order valence-corrected chi connectivity index (χ2v) is 4.11. The van der Waals surface area contributed by atoms with Gasteiger partial charge in [-0.15, -0.1) is 0 Å². The molecule has 0 aliphatic carbocycles. The lowest BCUT2D eigenvalue weighted by molar-refractivity contribution is -0.389. The van der Waals surface area contributed by atoms with E-state index in [1.54, 1.807) is 12.1 Å². The second kappa shape index (κ2) is 4.58. The van der Waals surface area contributed by atoms with Crippen LogP contribution in [-0.4, -0.2) is 9.91 Å². The smallest absolute Gasteiger partial charge is 0.358 e. The van der Waals surface area contributed by atoms with Crippen molar-refractivity contribution >= 4 is 21.7 Å². The minimum absolute atomic E-state index is 0.263. The average molecular weight is 297 g/mol. The fourth-order valence-corrected chi connectivity index (χ4v) is 1.99. The first-order valence-electron chi connectivity index (χ1n) is 4.64. The first kappa shape index (κ1) is 11.7. The van der Waals surface area contributed by atoms with E-state index in [1.165, 1.54) is 24.4 Å². The predicted molar refractivity (Wildman–Crippen MR) is 64.0 cm³/mol. The van der Waals surface area contributed by atoms with Gasteiger partial charge in [0.05, 0.1) is 0 Å². The molecule has 6 heteroatoms.